The number of pyridine rings is 1. The number of amides is 1. The van der Waals surface area contributed by atoms with Gasteiger partial charge in [-0.05, 0) is 42.6 Å². The summed E-state index contributed by atoms with van der Waals surface area (Å²) in [5, 5.41) is 14.3. The summed E-state index contributed by atoms with van der Waals surface area (Å²) in [5.41, 5.74) is 1.01. The van der Waals surface area contributed by atoms with E-state index in [2.05, 4.69) is 10.3 Å². The van der Waals surface area contributed by atoms with E-state index >= 15 is 4.39 Å². The second-order valence-corrected chi connectivity index (χ2v) is 9.67. The van der Waals surface area contributed by atoms with Crippen LogP contribution in [0, 0.1) is 17.1 Å². The fraction of sp³-hybridized carbons (Fsp3) is 0.214. The van der Waals surface area contributed by atoms with Gasteiger partial charge < -0.3 is 19.5 Å². The number of thiophene rings is 1. The number of nitriles is 1. The minimum absolute atomic E-state index is 0.00418. The molecule has 0 aliphatic heterocycles. The highest BCUT2D eigenvalue weighted by Crippen LogP contribution is 2.38. The zero-order chi connectivity index (χ0) is 28.4. The van der Waals surface area contributed by atoms with Gasteiger partial charge in [0.1, 0.15) is 5.82 Å². The first-order chi connectivity index (χ1) is 19.4. The molecule has 0 saturated heterocycles. The Morgan fingerprint density at radius 1 is 1.25 bits per heavy atom. The molecule has 1 amide bonds. The van der Waals surface area contributed by atoms with Crippen molar-refractivity contribution in [3.63, 3.8) is 0 Å². The predicted molar refractivity (Wildman–Crippen MR) is 148 cm³/mol. The van der Waals surface area contributed by atoms with Gasteiger partial charge in [-0.15, -0.1) is 11.3 Å². The van der Waals surface area contributed by atoms with Crippen molar-refractivity contribution < 1.29 is 23.4 Å². The first-order valence-electron chi connectivity index (χ1n) is 12.2. The molecule has 204 valence electrons. The number of nitrogens with one attached hydrogen (secondary N) is 1. The number of hydrogen-bond donors (Lipinski definition) is 1. The highest BCUT2D eigenvalue weighted by atomic mass is 32.1. The lowest BCUT2D eigenvalue weighted by Gasteiger charge is -2.20. The summed E-state index contributed by atoms with van der Waals surface area (Å²) in [6.07, 6.45) is 0.382. The van der Waals surface area contributed by atoms with Crippen LogP contribution in [-0.2, 0) is 11.8 Å². The second-order valence-electron chi connectivity index (χ2n) is 8.69. The van der Waals surface area contributed by atoms with Gasteiger partial charge in [-0.3, -0.25) is 14.1 Å². The number of carbonyl (C=O) groups excluding carboxylic acids is 1. The monoisotopic (exact) mass is 561 g/mol. The van der Waals surface area contributed by atoms with E-state index in [1.807, 2.05) is 23.6 Å². The van der Waals surface area contributed by atoms with E-state index in [9.17, 15) is 9.59 Å². The van der Waals surface area contributed by atoms with Gasteiger partial charge in [-0.25, -0.2) is 14.0 Å². The molecule has 0 radical (unpaired) electrons. The number of methoxy groups -OCH3 is 1. The van der Waals surface area contributed by atoms with Crippen LogP contribution in [0.5, 0.6) is 11.5 Å². The number of ether oxygens (including phenoxy) is 3. The van der Waals surface area contributed by atoms with E-state index in [-0.39, 0.29) is 24.4 Å². The molecule has 0 aliphatic rings. The standard InChI is InChI=1S/C28H24FN5O5S/c1-4-38-27(35)32-15-24(25-6-5-9-40-25)39-23-11-17-19(12-22(23)37-3)31-14-21-26(17)34(28(36)33(21)2)20-8-7-16(13-30)10-18(20)29/h5-12,14,24H,4,15H2,1-3H3,(H,32,35). The van der Waals surface area contributed by atoms with E-state index in [1.54, 1.807) is 26.1 Å². The first-order valence-corrected chi connectivity index (χ1v) is 13.1. The highest BCUT2D eigenvalue weighted by molar-refractivity contribution is 7.10. The maximum atomic E-state index is 15.1. The molecule has 0 bridgehead atoms. The largest absolute Gasteiger partial charge is 0.493 e. The molecule has 0 fully saturated rings. The molecular weight excluding hydrogens is 537 g/mol. The van der Waals surface area contributed by atoms with Gasteiger partial charge in [0.25, 0.3) is 0 Å². The Morgan fingerprint density at radius 3 is 2.75 bits per heavy atom. The number of benzene rings is 2. The van der Waals surface area contributed by atoms with Crippen LogP contribution in [-0.4, -0.2) is 40.5 Å². The molecular formula is C28H24FN5O5S. The Bertz CT molecular complexity index is 1820. The molecule has 3 heterocycles. The highest BCUT2D eigenvalue weighted by Gasteiger charge is 2.23. The second kappa shape index (κ2) is 11.1. The third kappa shape index (κ3) is 4.83. The molecule has 0 saturated carbocycles. The Kier molecular flexibility index (Phi) is 7.39. The zero-order valence-corrected chi connectivity index (χ0v) is 22.6. The van der Waals surface area contributed by atoms with Crippen molar-refractivity contribution in [2.75, 3.05) is 20.3 Å². The third-order valence-corrected chi connectivity index (χ3v) is 7.29. The van der Waals surface area contributed by atoms with Gasteiger partial charge in [0, 0.05) is 23.4 Å². The van der Waals surface area contributed by atoms with Crippen LogP contribution in [0.25, 0.3) is 27.6 Å². The number of imidazole rings is 1. The number of rotatable bonds is 8. The summed E-state index contributed by atoms with van der Waals surface area (Å²) in [7, 11) is 3.07. The molecule has 5 rings (SSSR count). The van der Waals surface area contributed by atoms with E-state index in [1.165, 1.54) is 45.9 Å². The molecule has 0 aliphatic carbocycles. The van der Waals surface area contributed by atoms with Crippen molar-refractivity contribution >= 4 is 39.4 Å². The molecule has 10 nitrogen and oxygen atoms in total. The maximum Gasteiger partial charge on any atom is 0.407 e. The predicted octanol–water partition coefficient (Wildman–Crippen LogP) is 4.82. The molecule has 2 aromatic carbocycles. The van der Waals surface area contributed by atoms with Crippen LogP contribution in [0.4, 0.5) is 9.18 Å². The molecule has 12 heteroatoms. The number of carbonyl (C=O) groups is 1. The summed E-state index contributed by atoms with van der Waals surface area (Å²) >= 11 is 1.46. The number of nitrogens with zero attached hydrogens (tertiary/aromatic N) is 4. The lowest BCUT2D eigenvalue weighted by Crippen LogP contribution is -2.30. The van der Waals surface area contributed by atoms with Crippen molar-refractivity contribution in [3.05, 3.63) is 80.8 Å². The van der Waals surface area contributed by atoms with Crippen LogP contribution in [0.3, 0.4) is 0 Å². The summed E-state index contributed by atoms with van der Waals surface area (Å²) in [6, 6.07) is 13.0. The molecule has 40 heavy (non-hydrogen) atoms. The van der Waals surface area contributed by atoms with Crippen molar-refractivity contribution in [1.82, 2.24) is 19.4 Å². The number of alkyl carbamates (subject to hydrolysis) is 1. The maximum absolute atomic E-state index is 15.1. The van der Waals surface area contributed by atoms with Crippen molar-refractivity contribution in [3.8, 4) is 23.3 Å². The molecule has 3 aromatic heterocycles. The van der Waals surface area contributed by atoms with Crippen LogP contribution in [0.15, 0.2) is 58.8 Å². The fourth-order valence-corrected chi connectivity index (χ4v) is 5.18. The summed E-state index contributed by atoms with van der Waals surface area (Å²) in [6.45, 7) is 2.07. The Hall–Kier alpha value is -4.89. The number of aromatic nitrogens is 3. The smallest absolute Gasteiger partial charge is 0.407 e. The van der Waals surface area contributed by atoms with Gasteiger partial charge in [-0.2, -0.15) is 5.26 Å². The number of fused-ring (bicyclic) bond motifs is 3. The molecule has 1 unspecified atom stereocenters. The fourth-order valence-electron chi connectivity index (χ4n) is 4.42. The van der Waals surface area contributed by atoms with Crippen LogP contribution in [0.2, 0.25) is 0 Å². The average Bonchev–Trinajstić information content (AvgIpc) is 3.58. The Morgan fingerprint density at radius 2 is 2.08 bits per heavy atom. The minimum atomic E-state index is -0.716. The number of halogens is 1. The van der Waals surface area contributed by atoms with Gasteiger partial charge in [0.05, 0.1) is 60.3 Å². The summed E-state index contributed by atoms with van der Waals surface area (Å²) in [4.78, 5) is 30.7. The first kappa shape index (κ1) is 26.7. The minimum Gasteiger partial charge on any atom is -0.493 e. The summed E-state index contributed by atoms with van der Waals surface area (Å²) in [5.74, 6) is -0.00525. The van der Waals surface area contributed by atoms with Crippen molar-refractivity contribution in [2.45, 2.75) is 13.0 Å². The molecule has 1 N–H and O–H groups in total. The lowest BCUT2D eigenvalue weighted by molar-refractivity contribution is 0.141. The quantitative estimate of drug-likeness (QED) is 0.288. The van der Waals surface area contributed by atoms with E-state index in [0.717, 1.165) is 10.9 Å². The third-order valence-electron chi connectivity index (χ3n) is 6.32. The lowest BCUT2D eigenvalue weighted by atomic mass is 10.1. The van der Waals surface area contributed by atoms with E-state index in [4.69, 9.17) is 19.5 Å². The Labute approximate surface area is 231 Å². The Balaban J connectivity index is 1.68. The molecule has 0 spiro atoms. The van der Waals surface area contributed by atoms with Gasteiger partial charge in [0.15, 0.2) is 17.6 Å². The normalized spacial score (nSPS) is 11.8. The molecule has 5 aromatic rings. The molecule has 1 atom stereocenters. The number of hydrogen-bond acceptors (Lipinski definition) is 8. The van der Waals surface area contributed by atoms with E-state index < -0.39 is 23.7 Å². The topological polar surface area (TPSA) is 120 Å². The van der Waals surface area contributed by atoms with E-state index in [0.29, 0.717) is 33.4 Å². The zero-order valence-electron chi connectivity index (χ0n) is 21.8. The average molecular weight is 562 g/mol. The van der Waals surface area contributed by atoms with Gasteiger partial charge in [-0.1, -0.05) is 6.07 Å². The van der Waals surface area contributed by atoms with Crippen LogP contribution in [0.1, 0.15) is 23.5 Å². The van der Waals surface area contributed by atoms with Crippen molar-refractivity contribution in [1.29, 1.82) is 5.26 Å². The van der Waals surface area contributed by atoms with Crippen LogP contribution < -0.4 is 20.5 Å². The van der Waals surface area contributed by atoms with Crippen LogP contribution >= 0.6 is 11.3 Å². The number of aryl methyl sites for hydroxylation is 1. The summed E-state index contributed by atoms with van der Waals surface area (Å²) < 4.78 is 34.7. The van der Waals surface area contributed by atoms with Crippen molar-refractivity contribution in [2.24, 2.45) is 7.05 Å². The van der Waals surface area contributed by atoms with Gasteiger partial charge >= 0.3 is 11.8 Å². The van der Waals surface area contributed by atoms with Gasteiger partial charge in [0.2, 0.25) is 0 Å². The SMILES string of the molecule is CCOC(=O)NCC(Oc1cc2c(cc1OC)ncc1c2n(-c2ccc(C#N)cc2F)c(=O)n1C)c1cccs1.